The minimum atomic E-state index is -1.05. The molecule has 0 saturated carbocycles. The van der Waals surface area contributed by atoms with Crippen LogP contribution in [0.15, 0.2) is 54.6 Å². The van der Waals surface area contributed by atoms with E-state index in [1.54, 1.807) is 12.1 Å². The van der Waals surface area contributed by atoms with Crippen molar-refractivity contribution in [1.82, 2.24) is 5.32 Å². The van der Waals surface area contributed by atoms with Gasteiger partial charge in [0, 0.05) is 6.42 Å². The second kappa shape index (κ2) is 8.72. The molecule has 5 heteroatoms. The van der Waals surface area contributed by atoms with Crippen LogP contribution in [0.5, 0.6) is 5.75 Å². The minimum absolute atomic E-state index is 0.161. The highest BCUT2D eigenvalue weighted by Gasteiger charge is 2.20. The number of rotatable bonds is 8. The van der Waals surface area contributed by atoms with Crippen molar-refractivity contribution in [3.63, 3.8) is 0 Å². The maximum Gasteiger partial charge on any atom is 0.326 e. The van der Waals surface area contributed by atoms with Crippen molar-refractivity contribution in [2.45, 2.75) is 25.8 Å². The number of ether oxygens (including phenoxy) is 1. The zero-order valence-electron chi connectivity index (χ0n) is 13.6. The molecule has 126 valence electrons. The van der Waals surface area contributed by atoms with E-state index in [4.69, 9.17) is 4.74 Å². The smallest absolute Gasteiger partial charge is 0.326 e. The third-order valence-electron chi connectivity index (χ3n) is 3.52. The van der Waals surface area contributed by atoms with Crippen LogP contribution in [-0.4, -0.2) is 29.6 Å². The average molecular weight is 327 g/mol. The van der Waals surface area contributed by atoms with Crippen LogP contribution in [0.4, 0.5) is 0 Å². The van der Waals surface area contributed by atoms with Gasteiger partial charge in [0.15, 0.2) is 0 Å². The van der Waals surface area contributed by atoms with Crippen LogP contribution >= 0.6 is 0 Å². The molecule has 2 aromatic rings. The van der Waals surface area contributed by atoms with Crippen molar-refractivity contribution in [1.29, 1.82) is 0 Å². The van der Waals surface area contributed by atoms with Gasteiger partial charge in [-0.05, 0) is 30.2 Å². The van der Waals surface area contributed by atoms with Crippen LogP contribution in [0.3, 0.4) is 0 Å². The molecule has 2 N–H and O–H groups in total. The molecule has 0 aliphatic rings. The first-order valence-electron chi connectivity index (χ1n) is 7.86. The molecule has 0 spiro atoms. The van der Waals surface area contributed by atoms with E-state index in [1.165, 1.54) is 0 Å². The van der Waals surface area contributed by atoms with Gasteiger partial charge < -0.3 is 15.2 Å². The maximum atomic E-state index is 12.1. The summed E-state index contributed by atoms with van der Waals surface area (Å²) in [5, 5.41) is 11.9. The Kier molecular flexibility index (Phi) is 6.37. The van der Waals surface area contributed by atoms with Crippen LogP contribution in [0.1, 0.15) is 18.1 Å². The van der Waals surface area contributed by atoms with Gasteiger partial charge in [0.1, 0.15) is 11.8 Å². The summed E-state index contributed by atoms with van der Waals surface area (Å²) < 4.78 is 5.36. The third-order valence-corrected chi connectivity index (χ3v) is 3.52. The predicted molar refractivity (Wildman–Crippen MR) is 91.0 cm³/mol. The van der Waals surface area contributed by atoms with E-state index in [0.29, 0.717) is 6.61 Å². The van der Waals surface area contributed by atoms with Crippen LogP contribution in [0.25, 0.3) is 0 Å². The van der Waals surface area contributed by atoms with Crippen molar-refractivity contribution in [2.75, 3.05) is 6.61 Å². The summed E-state index contributed by atoms with van der Waals surface area (Å²) in [7, 11) is 0. The highest BCUT2D eigenvalue weighted by Crippen LogP contribution is 2.13. The molecule has 0 aliphatic heterocycles. The van der Waals surface area contributed by atoms with E-state index in [0.717, 1.165) is 16.9 Å². The van der Waals surface area contributed by atoms with Crippen molar-refractivity contribution < 1.29 is 19.4 Å². The van der Waals surface area contributed by atoms with Gasteiger partial charge >= 0.3 is 5.97 Å². The molecule has 0 radical (unpaired) electrons. The molecule has 0 saturated heterocycles. The zero-order chi connectivity index (χ0) is 17.4. The van der Waals surface area contributed by atoms with Crippen molar-refractivity contribution in [2.24, 2.45) is 0 Å². The first kappa shape index (κ1) is 17.5. The number of aliphatic carboxylic acids is 1. The van der Waals surface area contributed by atoms with Gasteiger partial charge in [0.05, 0.1) is 13.0 Å². The van der Waals surface area contributed by atoms with E-state index < -0.39 is 12.0 Å². The Balaban J connectivity index is 1.96. The summed E-state index contributed by atoms with van der Waals surface area (Å²) in [6.45, 7) is 2.48. The Morgan fingerprint density at radius 3 is 2.29 bits per heavy atom. The number of carbonyl (C=O) groups excluding carboxylic acids is 1. The Labute approximate surface area is 141 Å². The molecule has 0 heterocycles. The first-order valence-corrected chi connectivity index (χ1v) is 7.86. The summed E-state index contributed by atoms with van der Waals surface area (Å²) in [6.07, 6.45) is 0.385. The summed E-state index contributed by atoms with van der Waals surface area (Å²) in [5.41, 5.74) is 1.67. The number of nitrogens with one attached hydrogen (secondary N) is 1. The monoisotopic (exact) mass is 327 g/mol. The van der Waals surface area contributed by atoms with E-state index in [2.05, 4.69) is 5.32 Å². The van der Waals surface area contributed by atoms with Crippen LogP contribution < -0.4 is 10.1 Å². The molecular weight excluding hydrogens is 306 g/mol. The molecular formula is C19H21NO4. The van der Waals surface area contributed by atoms with Crippen LogP contribution in [0, 0.1) is 0 Å². The van der Waals surface area contributed by atoms with E-state index in [9.17, 15) is 14.7 Å². The van der Waals surface area contributed by atoms with Crippen molar-refractivity contribution >= 4 is 11.9 Å². The van der Waals surface area contributed by atoms with Gasteiger partial charge in [-0.2, -0.15) is 0 Å². The Morgan fingerprint density at radius 1 is 1.04 bits per heavy atom. The van der Waals surface area contributed by atoms with Crippen LogP contribution in [-0.2, 0) is 22.4 Å². The van der Waals surface area contributed by atoms with Gasteiger partial charge in [0.25, 0.3) is 0 Å². The number of carboxylic acid groups (broad SMARTS) is 1. The molecule has 5 nitrogen and oxygen atoms in total. The normalized spacial score (nSPS) is 11.5. The Morgan fingerprint density at radius 2 is 1.71 bits per heavy atom. The third kappa shape index (κ3) is 5.43. The summed E-state index contributed by atoms with van der Waals surface area (Å²) in [6, 6.07) is 15.5. The molecule has 0 aliphatic carbocycles. The number of amides is 1. The number of carboxylic acids is 1. The van der Waals surface area contributed by atoms with Crippen LogP contribution in [0.2, 0.25) is 0 Å². The van der Waals surface area contributed by atoms with Gasteiger partial charge in [0.2, 0.25) is 5.91 Å². The topological polar surface area (TPSA) is 75.6 Å². The lowest BCUT2D eigenvalue weighted by Gasteiger charge is -2.15. The quantitative estimate of drug-likeness (QED) is 0.781. The number of benzene rings is 2. The van der Waals surface area contributed by atoms with E-state index >= 15 is 0 Å². The van der Waals surface area contributed by atoms with E-state index in [1.807, 2.05) is 49.4 Å². The standard InChI is InChI=1S/C19H21NO4/c1-2-24-16-10-8-15(9-11-16)12-17(19(22)23)20-18(21)13-14-6-4-3-5-7-14/h3-11,17H,2,12-13H2,1H3,(H,20,21)(H,22,23)/t17-/m1/s1. The van der Waals surface area contributed by atoms with Gasteiger partial charge in [-0.1, -0.05) is 42.5 Å². The summed E-state index contributed by atoms with van der Waals surface area (Å²) in [4.78, 5) is 23.5. The van der Waals surface area contributed by atoms with Gasteiger partial charge in [-0.25, -0.2) is 4.79 Å². The average Bonchev–Trinajstić information content (AvgIpc) is 2.57. The molecule has 0 unspecified atom stereocenters. The van der Waals surface area contributed by atoms with Gasteiger partial charge in [-0.3, -0.25) is 4.79 Å². The zero-order valence-corrected chi connectivity index (χ0v) is 13.6. The lowest BCUT2D eigenvalue weighted by molar-refractivity contribution is -0.141. The number of hydrogen-bond acceptors (Lipinski definition) is 3. The largest absolute Gasteiger partial charge is 0.494 e. The molecule has 24 heavy (non-hydrogen) atoms. The Hall–Kier alpha value is -2.82. The molecule has 0 bridgehead atoms. The lowest BCUT2D eigenvalue weighted by Crippen LogP contribution is -2.43. The number of hydrogen-bond donors (Lipinski definition) is 2. The fourth-order valence-corrected chi connectivity index (χ4v) is 2.35. The molecule has 1 atom stereocenters. The fourth-order valence-electron chi connectivity index (χ4n) is 2.35. The molecule has 0 fully saturated rings. The Bertz CT molecular complexity index is 668. The lowest BCUT2D eigenvalue weighted by atomic mass is 10.1. The SMILES string of the molecule is CCOc1ccc(C[C@@H](NC(=O)Cc2ccccc2)C(=O)O)cc1. The summed E-state index contributed by atoms with van der Waals surface area (Å²) >= 11 is 0. The van der Waals surface area contributed by atoms with Crippen molar-refractivity contribution in [3.05, 3.63) is 65.7 Å². The predicted octanol–water partition coefficient (Wildman–Crippen LogP) is 2.44. The molecule has 2 aromatic carbocycles. The molecule has 2 rings (SSSR count). The summed E-state index contributed by atoms with van der Waals surface area (Å²) in [5.74, 6) is -0.619. The maximum absolute atomic E-state index is 12.1. The highest BCUT2D eigenvalue weighted by atomic mass is 16.5. The highest BCUT2D eigenvalue weighted by molar-refractivity contribution is 5.85. The first-order chi connectivity index (χ1) is 11.6. The molecule has 0 aromatic heterocycles. The second-order valence-electron chi connectivity index (χ2n) is 5.40. The second-order valence-corrected chi connectivity index (χ2v) is 5.40. The van der Waals surface area contributed by atoms with E-state index in [-0.39, 0.29) is 18.7 Å². The molecule has 1 amide bonds. The fraction of sp³-hybridized carbons (Fsp3) is 0.263. The van der Waals surface area contributed by atoms with Gasteiger partial charge in [-0.15, -0.1) is 0 Å². The number of carbonyl (C=O) groups is 2. The van der Waals surface area contributed by atoms with Crippen molar-refractivity contribution in [3.8, 4) is 5.75 Å². The minimum Gasteiger partial charge on any atom is -0.494 e.